The van der Waals surface area contributed by atoms with Crippen LogP contribution in [0, 0.1) is 0 Å². The van der Waals surface area contributed by atoms with Crippen molar-refractivity contribution in [2.24, 2.45) is 0 Å². The number of aliphatic hydroxyl groups is 3. The number of hydrogen-bond donors (Lipinski definition) is 5. The predicted molar refractivity (Wildman–Crippen MR) is 63.7 cm³/mol. The fourth-order valence-corrected chi connectivity index (χ4v) is 2.23. The highest BCUT2D eigenvalue weighted by molar-refractivity contribution is 5.82. The Morgan fingerprint density at radius 2 is 2.05 bits per heavy atom. The van der Waals surface area contributed by atoms with Crippen LogP contribution in [0.25, 0.3) is 11.2 Å². The summed E-state index contributed by atoms with van der Waals surface area (Å²) in [7, 11) is 0. The van der Waals surface area contributed by atoms with Gasteiger partial charge in [0.1, 0.15) is 24.6 Å². The Morgan fingerprint density at radius 3 is 2.70 bits per heavy atom. The van der Waals surface area contributed by atoms with Crippen molar-refractivity contribution in [3.63, 3.8) is 0 Å². The number of hydrogen-bond acceptors (Lipinski definition) is 9. The van der Waals surface area contributed by atoms with Crippen LogP contribution in [-0.2, 0) is 4.74 Å². The lowest BCUT2D eigenvalue weighted by Gasteiger charge is -2.16. The number of aromatic nitrogens is 4. The van der Waals surface area contributed by atoms with E-state index in [-0.39, 0.29) is 11.3 Å². The van der Waals surface area contributed by atoms with Crippen LogP contribution in [0.4, 0.5) is 5.82 Å². The zero-order chi connectivity index (χ0) is 14.3. The number of imidazole rings is 1. The molecule has 10 nitrogen and oxygen atoms in total. The first-order chi connectivity index (χ1) is 9.67. The summed E-state index contributed by atoms with van der Waals surface area (Å²) in [5.74, 6) is 0.112. The highest BCUT2D eigenvalue weighted by Gasteiger charge is 2.43. The molecule has 2 aromatic rings. The molecule has 0 aromatic carbocycles. The van der Waals surface area contributed by atoms with E-state index in [0.717, 1.165) is 0 Å². The van der Waals surface area contributed by atoms with Crippen molar-refractivity contribution in [2.45, 2.75) is 24.5 Å². The van der Waals surface area contributed by atoms with Gasteiger partial charge in [-0.3, -0.25) is 15.3 Å². The van der Waals surface area contributed by atoms with Gasteiger partial charge in [0.2, 0.25) is 0 Å². The Hall–Kier alpha value is -1.85. The second-order valence-electron chi connectivity index (χ2n) is 4.39. The summed E-state index contributed by atoms with van der Waals surface area (Å²) in [6, 6.07) is 0. The SMILES string of the molecule is OC[C@H]1O[C@H](n2cnc3c(NO)ncnc32)[C@@H](O)[C@@H]1O. The molecule has 4 atom stereocenters. The molecule has 1 aliphatic heterocycles. The van der Waals surface area contributed by atoms with Gasteiger partial charge in [-0.1, -0.05) is 0 Å². The van der Waals surface area contributed by atoms with Crippen LogP contribution in [0.5, 0.6) is 0 Å². The number of ether oxygens (including phenoxy) is 1. The van der Waals surface area contributed by atoms with Gasteiger partial charge < -0.3 is 20.1 Å². The monoisotopic (exact) mass is 283 g/mol. The van der Waals surface area contributed by atoms with Gasteiger partial charge in [-0.05, 0) is 0 Å². The van der Waals surface area contributed by atoms with Crippen molar-refractivity contribution < 1.29 is 25.3 Å². The van der Waals surface area contributed by atoms with E-state index in [0.29, 0.717) is 5.65 Å². The lowest BCUT2D eigenvalue weighted by Crippen LogP contribution is -2.33. The second kappa shape index (κ2) is 4.92. The molecular formula is C10H13N5O5. The Bertz CT molecular complexity index is 619. The molecule has 10 heteroatoms. The molecule has 1 saturated heterocycles. The van der Waals surface area contributed by atoms with Crippen LogP contribution in [0.15, 0.2) is 12.7 Å². The zero-order valence-electron chi connectivity index (χ0n) is 10.2. The average molecular weight is 283 g/mol. The number of aliphatic hydroxyl groups excluding tert-OH is 3. The molecule has 0 amide bonds. The molecule has 1 aliphatic rings. The minimum Gasteiger partial charge on any atom is -0.394 e. The van der Waals surface area contributed by atoms with Crippen molar-refractivity contribution in [3.8, 4) is 0 Å². The summed E-state index contributed by atoms with van der Waals surface area (Å²) >= 11 is 0. The van der Waals surface area contributed by atoms with Crippen LogP contribution >= 0.6 is 0 Å². The van der Waals surface area contributed by atoms with Crippen LogP contribution < -0.4 is 5.48 Å². The maximum absolute atomic E-state index is 9.97. The molecule has 2 aromatic heterocycles. The fraction of sp³-hybridized carbons (Fsp3) is 0.500. The topological polar surface area (TPSA) is 146 Å². The quantitative estimate of drug-likeness (QED) is 0.413. The Morgan fingerprint density at radius 1 is 1.25 bits per heavy atom. The fourth-order valence-electron chi connectivity index (χ4n) is 2.23. The Labute approximate surface area is 112 Å². The molecule has 0 bridgehead atoms. The third kappa shape index (κ3) is 1.82. The van der Waals surface area contributed by atoms with E-state index in [4.69, 9.17) is 15.1 Å². The molecule has 3 rings (SSSR count). The molecule has 1 fully saturated rings. The Balaban J connectivity index is 2.03. The number of nitrogens with one attached hydrogen (secondary N) is 1. The van der Waals surface area contributed by atoms with Gasteiger partial charge in [-0.2, -0.15) is 0 Å². The van der Waals surface area contributed by atoms with Crippen LogP contribution in [0.2, 0.25) is 0 Å². The van der Waals surface area contributed by atoms with Gasteiger partial charge in [0, 0.05) is 0 Å². The average Bonchev–Trinajstić information content (AvgIpc) is 3.01. The van der Waals surface area contributed by atoms with E-state index in [1.165, 1.54) is 17.2 Å². The third-order valence-electron chi connectivity index (χ3n) is 3.26. The van der Waals surface area contributed by atoms with Crippen LogP contribution in [-0.4, -0.2) is 65.0 Å². The smallest absolute Gasteiger partial charge is 0.181 e. The van der Waals surface area contributed by atoms with Gasteiger partial charge in [-0.15, -0.1) is 0 Å². The number of nitrogens with zero attached hydrogens (tertiary/aromatic N) is 4. The van der Waals surface area contributed by atoms with E-state index < -0.39 is 31.1 Å². The lowest BCUT2D eigenvalue weighted by molar-refractivity contribution is -0.0511. The molecule has 0 radical (unpaired) electrons. The first kappa shape index (κ1) is 13.1. The maximum atomic E-state index is 9.97. The van der Waals surface area contributed by atoms with Gasteiger partial charge >= 0.3 is 0 Å². The molecule has 108 valence electrons. The van der Waals surface area contributed by atoms with Crippen molar-refractivity contribution in [2.75, 3.05) is 12.1 Å². The standard InChI is InChI=1S/C10H13N5O5/c16-1-4-6(17)7(18)10(20-4)15-3-13-5-8(14-19)11-2-12-9(5)15/h2-4,6-7,10,16-19H,1H2,(H,11,12,14)/t4-,6-,7+,10+/m1/s1. The molecule has 5 N–H and O–H groups in total. The normalized spacial score (nSPS) is 30.0. The van der Waals surface area contributed by atoms with E-state index in [2.05, 4.69) is 15.0 Å². The Kier molecular flexibility index (Phi) is 3.23. The molecule has 0 spiro atoms. The van der Waals surface area contributed by atoms with E-state index in [1.807, 2.05) is 5.48 Å². The highest BCUT2D eigenvalue weighted by Crippen LogP contribution is 2.31. The van der Waals surface area contributed by atoms with Crippen molar-refractivity contribution >= 4 is 17.0 Å². The van der Waals surface area contributed by atoms with E-state index in [9.17, 15) is 10.2 Å². The van der Waals surface area contributed by atoms with Gasteiger partial charge in [0.15, 0.2) is 23.2 Å². The van der Waals surface area contributed by atoms with E-state index >= 15 is 0 Å². The summed E-state index contributed by atoms with van der Waals surface area (Å²) in [6.07, 6.45) is -1.70. The van der Waals surface area contributed by atoms with Crippen molar-refractivity contribution in [3.05, 3.63) is 12.7 Å². The van der Waals surface area contributed by atoms with Crippen molar-refractivity contribution in [1.82, 2.24) is 19.5 Å². The van der Waals surface area contributed by atoms with Crippen molar-refractivity contribution in [1.29, 1.82) is 0 Å². The summed E-state index contributed by atoms with van der Waals surface area (Å²) < 4.78 is 6.79. The third-order valence-corrected chi connectivity index (χ3v) is 3.26. The summed E-state index contributed by atoms with van der Waals surface area (Å²) in [6.45, 7) is -0.417. The second-order valence-corrected chi connectivity index (χ2v) is 4.39. The van der Waals surface area contributed by atoms with Gasteiger partial charge in [0.25, 0.3) is 0 Å². The minimum atomic E-state index is -1.23. The number of rotatable bonds is 3. The van der Waals surface area contributed by atoms with Gasteiger partial charge in [-0.25, -0.2) is 15.0 Å². The molecule has 3 heterocycles. The zero-order valence-corrected chi connectivity index (χ0v) is 10.2. The molecule has 20 heavy (non-hydrogen) atoms. The molecular weight excluding hydrogens is 270 g/mol. The molecule has 0 unspecified atom stereocenters. The lowest BCUT2D eigenvalue weighted by atomic mass is 10.1. The van der Waals surface area contributed by atoms with E-state index in [1.54, 1.807) is 0 Å². The summed E-state index contributed by atoms with van der Waals surface area (Å²) in [4.78, 5) is 11.8. The number of anilines is 1. The summed E-state index contributed by atoms with van der Waals surface area (Å²) in [5, 5.41) is 37.7. The first-order valence-electron chi connectivity index (χ1n) is 5.87. The minimum absolute atomic E-state index is 0.112. The number of fused-ring (bicyclic) bond motifs is 1. The summed E-state index contributed by atoms with van der Waals surface area (Å²) in [5.41, 5.74) is 2.49. The molecule has 0 aliphatic carbocycles. The highest BCUT2D eigenvalue weighted by atomic mass is 16.6. The van der Waals surface area contributed by atoms with Gasteiger partial charge in [0.05, 0.1) is 12.9 Å². The molecule has 0 saturated carbocycles. The largest absolute Gasteiger partial charge is 0.394 e. The first-order valence-corrected chi connectivity index (χ1v) is 5.87. The maximum Gasteiger partial charge on any atom is 0.181 e. The predicted octanol–water partition coefficient (Wildman–Crippen LogP) is -1.76. The van der Waals surface area contributed by atoms with Crippen LogP contribution in [0.3, 0.4) is 0 Å². The van der Waals surface area contributed by atoms with Crippen LogP contribution in [0.1, 0.15) is 6.23 Å².